The zero-order chi connectivity index (χ0) is 19.5. The Morgan fingerprint density at radius 3 is 2.29 bits per heavy atom. The number of para-hydroxylation sites is 2. The van der Waals surface area contributed by atoms with Gasteiger partial charge in [0, 0.05) is 43.6 Å². The number of aromatic nitrogens is 2. The Balaban J connectivity index is 1.49. The lowest BCUT2D eigenvalue weighted by molar-refractivity contribution is 0.596. The van der Waals surface area contributed by atoms with Crippen LogP contribution in [0.25, 0.3) is 0 Å². The Morgan fingerprint density at radius 1 is 0.857 bits per heavy atom. The van der Waals surface area contributed by atoms with E-state index in [1.165, 1.54) is 6.07 Å². The molecule has 1 fully saturated rings. The van der Waals surface area contributed by atoms with Crippen molar-refractivity contribution in [2.24, 2.45) is 0 Å². The van der Waals surface area contributed by atoms with Crippen molar-refractivity contribution >= 4 is 23.1 Å². The summed E-state index contributed by atoms with van der Waals surface area (Å²) in [6.45, 7) is 7.11. The van der Waals surface area contributed by atoms with Crippen molar-refractivity contribution in [2.45, 2.75) is 13.8 Å². The summed E-state index contributed by atoms with van der Waals surface area (Å²) in [5.74, 6) is 1.33. The average Bonchev–Trinajstić information content (AvgIpc) is 2.70. The van der Waals surface area contributed by atoms with Crippen LogP contribution >= 0.6 is 0 Å². The number of piperazine rings is 1. The molecule has 0 saturated carbocycles. The first-order chi connectivity index (χ1) is 13.6. The number of nitrogens with zero attached hydrogens (tertiary/aromatic N) is 4. The summed E-state index contributed by atoms with van der Waals surface area (Å²) in [7, 11) is 0. The number of hydrogen-bond donors (Lipinski definition) is 1. The third-order valence-electron chi connectivity index (χ3n) is 5.03. The topological polar surface area (TPSA) is 44.3 Å². The van der Waals surface area contributed by atoms with Gasteiger partial charge in [-0.05, 0) is 37.6 Å². The largest absolute Gasteiger partial charge is 0.366 e. The molecular formula is C22H24FN5. The third kappa shape index (κ3) is 3.91. The number of aryl methyl sites for hydroxylation is 2. The fraction of sp³-hybridized carbons (Fsp3) is 0.273. The summed E-state index contributed by atoms with van der Waals surface area (Å²) in [5.41, 5.74) is 3.73. The molecule has 6 heteroatoms. The van der Waals surface area contributed by atoms with Crippen LogP contribution in [0.4, 0.5) is 27.5 Å². The second-order valence-corrected chi connectivity index (χ2v) is 7.06. The van der Waals surface area contributed by atoms with E-state index in [2.05, 4.69) is 33.1 Å². The first-order valence-corrected chi connectivity index (χ1v) is 9.53. The highest BCUT2D eigenvalue weighted by molar-refractivity contribution is 5.60. The maximum Gasteiger partial charge on any atom is 0.229 e. The molecule has 28 heavy (non-hydrogen) atoms. The molecule has 2 aromatic carbocycles. The van der Waals surface area contributed by atoms with Gasteiger partial charge in [-0.25, -0.2) is 9.37 Å². The molecule has 144 valence electrons. The quantitative estimate of drug-likeness (QED) is 0.734. The van der Waals surface area contributed by atoms with E-state index in [-0.39, 0.29) is 5.82 Å². The predicted molar refractivity (Wildman–Crippen MR) is 112 cm³/mol. The predicted octanol–water partition coefficient (Wildman–Crippen LogP) is 4.30. The van der Waals surface area contributed by atoms with E-state index >= 15 is 0 Å². The highest BCUT2D eigenvalue weighted by atomic mass is 19.1. The van der Waals surface area contributed by atoms with Gasteiger partial charge < -0.3 is 15.1 Å². The first-order valence-electron chi connectivity index (χ1n) is 9.53. The molecule has 5 nitrogen and oxygen atoms in total. The maximum atomic E-state index is 14.1. The number of hydrogen-bond acceptors (Lipinski definition) is 5. The molecule has 1 saturated heterocycles. The molecular weight excluding hydrogens is 353 g/mol. The molecule has 0 bridgehead atoms. The van der Waals surface area contributed by atoms with Crippen LogP contribution in [-0.4, -0.2) is 36.1 Å². The van der Waals surface area contributed by atoms with Crippen molar-refractivity contribution in [3.8, 4) is 0 Å². The molecule has 3 aromatic rings. The van der Waals surface area contributed by atoms with Crippen molar-refractivity contribution < 1.29 is 4.39 Å². The number of rotatable bonds is 4. The van der Waals surface area contributed by atoms with Crippen LogP contribution in [0.15, 0.2) is 54.6 Å². The van der Waals surface area contributed by atoms with Gasteiger partial charge in [0.2, 0.25) is 5.95 Å². The van der Waals surface area contributed by atoms with Gasteiger partial charge in [0.05, 0.1) is 5.69 Å². The van der Waals surface area contributed by atoms with Crippen LogP contribution in [0.2, 0.25) is 0 Å². The Hall–Kier alpha value is -3.15. The van der Waals surface area contributed by atoms with Crippen molar-refractivity contribution in [3.05, 3.63) is 71.7 Å². The Kier molecular flexibility index (Phi) is 5.10. The molecule has 1 N–H and O–H groups in total. The van der Waals surface area contributed by atoms with Gasteiger partial charge in [-0.2, -0.15) is 4.98 Å². The highest BCUT2D eigenvalue weighted by Gasteiger charge is 2.21. The summed E-state index contributed by atoms with van der Waals surface area (Å²) in [6, 6.07) is 17.0. The number of benzene rings is 2. The fourth-order valence-electron chi connectivity index (χ4n) is 3.49. The number of anilines is 4. The standard InChI is InChI=1S/C22H24FN5/c1-16-7-3-5-9-19(16)25-22-24-17(2)15-21(26-22)28-13-11-27(12-14-28)20-10-6-4-8-18(20)23/h3-10,15H,11-14H2,1-2H3,(H,24,25,26). The smallest absolute Gasteiger partial charge is 0.229 e. The molecule has 0 aliphatic carbocycles. The van der Waals surface area contributed by atoms with Crippen LogP contribution in [0.1, 0.15) is 11.3 Å². The second-order valence-electron chi connectivity index (χ2n) is 7.06. The van der Waals surface area contributed by atoms with Crippen LogP contribution in [0.5, 0.6) is 0 Å². The summed E-state index contributed by atoms with van der Waals surface area (Å²) in [6.07, 6.45) is 0. The summed E-state index contributed by atoms with van der Waals surface area (Å²) >= 11 is 0. The second kappa shape index (κ2) is 7.84. The van der Waals surface area contributed by atoms with E-state index in [0.717, 1.165) is 48.9 Å². The summed E-state index contributed by atoms with van der Waals surface area (Å²) < 4.78 is 14.1. The Morgan fingerprint density at radius 2 is 1.54 bits per heavy atom. The zero-order valence-electron chi connectivity index (χ0n) is 16.2. The van der Waals surface area contributed by atoms with E-state index in [0.29, 0.717) is 11.6 Å². The van der Waals surface area contributed by atoms with Gasteiger partial charge in [-0.3, -0.25) is 0 Å². The lowest BCUT2D eigenvalue weighted by Crippen LogP contribution is -2.47. The molecule has 0 amide bonds. The van der Waals surface area contributed by atoms with Gasteiger partial charge in [0.15, 0.2) is 0 Å². The van der Waals surface area contributed by atoms with Crippen LogP contribution < -0.4 is 15.1 Å². The lowest BCUT2D eigenvalue weighted by atomic mass is 10.2. The lowest BCUT2D eigenvalue weighted by Gasteiger charge is -2.37. The molecule has 0 spiro atoms. The highest BCUT2D eigenvalue weighted by Crippen LogP contribution is 2.24. The van der Waals surface area contributed by atoms with Crippen LogP contribution in [0, 0.1) is 19.7 Å². The van der Waals surface area contributed by atoms with E-state index < -0.39 is 0 Å². The van der Waals surface area contributed by atoms with E-state index in [1.54, 1.807) is 6.07 Å². The molecule has 0 radical (unpaired) electrons. The zero-order valence-corrected chi connectivity index (χ0v) is 16.2. The van der Waals surface area contributed by atoms with Gasteiger partial charge in [0.1, 0.15) is 11.6 Å². The molecule has 2 heterocycles. The van der Waals surface area contributed by atoms with E-state index in [4.69, 9.17) is 4.98 Å². The Bertz CT molecular complexity index is 967. The SMILES string of the molecule is Cc1cc(N2CCN(c3ccccc3F)CC2)nc(Nc2ccccc2C)n1. The summed E-state index contributed by atoms with van der Waals surface area (Å²) in [4.78, 5) is 13.6. The average molecular weight is 377 g/mol. The van der Waals surface area contributed by atoms with Gasteiger partial charge >= 0.3 is 0 Å². The molecule has 0 atom stereocenters. The van der Waals surface area contributed by atoms with E-state index in [1.807, 2.05) is 43.3 Å². The van der Waals surface area contributed by atoms with Crippen LogP contribution in [-0.2, 0) is 0 Å². The van der Waals surface area contributed by atoms with Crippen molar-refractivity contribution in [1.82, 2.24) is 9.97 Å². The minimum Gasteiger partial charge on any atom is -0.366 e. The van der Waals surface area contributed by atoms with Crippen molar-refractivity contribution in [1.29, 1.82) is 0 Å². The molecule has 1 aliphatic rings. The minimum absolute atomic E-state index is 0.168. The maximum absolute atomic E-state index is 14.1. The minimum atomic E-state index is -0.168. The normalized spacial score (nSPS) is 14.2. The van der Waals surface area contributed by atoms with Gasteiger partial charge in [-0.1, -0.05) is 30.3 Å². The number of halogens is 1. The van der Waals surface area contributed by atoms with Gasteiger partial charge in [0.25, 0.3) is 0 Å². The number of nitrogens with one attached hydrogen (secondary N) is 1. The molecule has 0 unspecified atom stereocenters. The monoisotopic (exact) mass is 377 g/mol. The first kappa shape index (κ1) is 18.2. The van der Waals surface area contributed by atoms with Crippen molar-refractivity contribution in [3.63, 3.8) is 0 Å². The molecule has 1 aromatic heterocycles. The summed E-state index contributed by atoms with van der Waals surface area (Å²) in [5, 5.41) is 3.33. The fourth-order valence-corrected chi connectivity index (χ4v) is 3.49. The molecule has 1 aliphatic heterocycles. The Labute approximate surface area is 164 Å². The van der Waals surface area contributed by atoms with Crippen molar-refractivity contribution in [2.75, 3.05) is 41.3 Å². The van der Waals surface area contributed by atoms with E-state index in [9.17, 15) is 4.39 Å². The molecule has 4 rings (SSSR count). The van der Waals surface area contributed by atoms with Crippen LogP contribution in [0.3, 0.4) is 0 Å². The third-order valence-corrected chi connectivity index (χ3v) is 5.03. The van der Waals surface area contributed by atoms with Gasteiger partial charge in [-0.15, -0.1) is 0 Å².